The van der Waals surface area contributed by atoms with E-state index in [1.807, 2.05) is 6.92 Å². The number of aromatic nitrogens is 5. The molecular weight excluding hydrogens is 186 g/mol. The molecule has 0 atom stereocenters. The quantitative estimate of drug-likeness (QED) is 0.621. The predicted molar refractivity (Wildman–Crippen MR) is 49.1 cm³/mol. The highest BCUT2D eigenvalue weighted by molar-refractivity contribution is 5.67. The Labute approximate surface area is 78.0 Å². The van der Waals surface area contributed by atoms with Gasteiger partial charge in [-0.2, -0.15) is 0 Å². The van der Waals surface area contributed by atoms with Crippen LogP contribution in [0.25, 0.3) is 11.2 Å². The fourth-order valence-electron chi connectivity index (χ4n) is 1.24. The topological polar surface area (TPSA) is 85.6 Å². The third-order valence-corrected chi connectivity index (χ3v) is 2.07. The second kappa shape index (κ2) is 2.79. The van der Waals surface area contributed by atoms with Crippen LogP contribution < -0.4 is 11.2 Å². The van der Waals surface area contributed by atoms with Crippen molar-refractivity contribution in [2.24, 2.45) is 7.05 Å². The molecule has 0 spiro atoms. The van der Waals surface area contributed by atoms with Crippen LogP contribution in [0.4, 0.5) is 0 Å². The van der Waals surface area contributed by atoms with Gasteiger partial charge in [0.25, 0.3) is 5.56 Å². The molecule has 0 aliphatic carbocycles. The summed E-state index contributed by atoms with van der Waals surface area (Å²) in [5.74, 6) is 0. The summed E-state index contributed by atoms with van der Waals surface area (Å²) >= 11 is 0. The number of H-pyrrole nitrogens is 1. The molecule has 0 radical (unpaired) electrons. The van der Waals surface area contributed by atoms with Gasteiger partial charge in [-0.1, -0.05) is 5.21 Å². The summed E-state index contributed by atoms with van der Waals surface area (Å²) in [5.41, 5.74) is -0.322. The van der Waals surface area contributed by atoms with E-state index in [1.165, 1.54) is 11.7 Å². The van der Waals surface area contributed by atoms with Gasteiger partial charge in [0.2, 0.25) is 0 Å². The Kier molecular flexibility index (Phi) is 1.73. The number of nitrogens with one attached hydrogen (secondary N) is 1. The lowest BCUT2D eigenvalue weighted by atomic mass is 10.5. The lowest BCUT2D eigenvalue weighted by Crippen LogP contribution is -2.32. The van der Waals surface area contributed by atoms with Gasteiger partial charge in [0, 0.05) is 13.6 Å². The minimum absolute atomic E-state index is 0.189. The lowest BCUT2D eigenvalue weighted by Gasteiger charge is -1.97. The molecule has 2 aromatic rings. The Balaban J connectivity index is 3.01. The van der Waals surface area contributed by atoms with Gasteiger partial charge in [-0.25, -0.2) is 9.48 Å². The van der Waals surface area contributed by atoms with Gasteiger partial charge < -0.3 is 0 Å². The molecule has 0 saturated carbocycles. The van der Waals surface area contributed by atoms with E-state index in [4.69, 9.17) is 0 Å². The standard InChI is InChI=1S/C7H9N5O2/c1-3-12-5-4(9-10-12)6(13)11(2)7(14)8-5/h3H2,1-2H3,(H,8,14). The van der Waals surface area contributed by atoms with Gasteiger partial charge >= 0.3 is 5.69 Å². The zero-order valence-electron chi connectivity index (χ0n) is 7.81. The first-order chi connectivity index (χ1) is 6.65. The third kappa shape index (κ3) is 0.983. The van der Waals surface area contributed by atoms with Crippen molar-refractivity contribution >= 4 is 11.2 Å². The van der Waals surface area contributed by atoms with Crippen molar-refractivity contribution in [2.45, 2.75) is 13.5 Å². The summed E-state index contributed by atoms with van der Waals surface area (Å²) < 4.78 is 2.44. The number of hydrogen-bond donors (Lipinski definition) is 1. The molecule has 0 amide bonds. The number of aryl methyl sites for hydroxylation is 1. The Morgan fingerprint density at radius 3 is 2.79 bits per heavy atom. The van der Waals surface area contributed by atoms with Crippen LogP contribution >= 0.6 is 0 Å². The maximum absolute atomic E-state index is 11.5. The Morgan fingerprint density at radius 1 is 1.43 bits per heavy atom. The van der Waals surface area contributed by atoms with Crippen LogP contribution in [0.15, 0.2) is 9.59 Å². The molecule has 7 heteroatoms. The summed E-state index contributed by atoms with van der Waals surface area (Å²) in [6.07, 6.45) is 0. The van der Waals surface area contributed by atoms with Crippen LogP contribution in [-0.4, -0.2) is 24.5 Å². The number of rotatable bonds is 1. The average Bonchev–Trinajstić information content (AvgIpc) is 2.57. The van der Waals surface area contributed by atoms with E-state index in [1.54, 1.807) is 0 Å². The van der Waals surface area contributed by atoms with Crippen molar-refractivity contribution in [1.29, 1.82) is 0 Å². The first-order valence-corrected chi connectivity index (χ1v) is 4.17. The lowest BCUT2D eigenvalue weighted by molar-refractivity contribution is 0.639. The zero-order valence-corrected chi connectivity index (χ0v) is 7.81. The van der Waals surface area contributed by atoms with E-state index >= 15 is 0 Å². The molecule has 1 N–H and O–H groups in total. The number of aromatic amines is 1. The van der Waals surface area contributed by atoms with Crippen LogP contribution in [0.2, 0.25) is 0 Å². The summed E-state index contributed by atoms with van der Waals surface area (Å²) in [4.78, 5) is 25.3. The van der Waals surface area contributed by atoms with Crippen molar-refractivity contribution in [3.8, 4) is 0 Å². The Bertz CT molecular complexity index is 590. The highest BCUT2D eigenvalue weighted by Crippen LogP contribution is 1.98. The molecule has 2 rings (SSSR count). The summed E-state index contributed by atoms with van der Waals surface area (Å²) in [5, 5.41) is 7.44. The van der Waals surface area contributed by atoms with E-state index < -0.39 is 11.2 Å². The van der Waals surface area contributed by atoms with E-state index in [2.05, 4.69) is 15.3 Å². The van der Waals surface area contributed by atoms with Gasteiger partial charge in [0.15, 0.2) is 11.2 Å². The van der Waals surface area contributed by atoms with Crippen molar-refractivity contribution < 1.29 is 0 Å². The molecule has 2 heterocycles. The molecule has 0 unspecified atom stereocenters. The van der Waals surface area contributed by atoms with E-state index in [9.17, 15) is 9.59 Å². The molecule has 7 nitrogen and oxygen atoms in total. The van der Waals surface area contributed by atoms with E-state index in [0.717, 1.165) is 4.57 Å². The largest absolute Gasteiger partial charge is 0.329 e. The normalized spacial score (nSPS) is 11.0. The SMILES string of the molecule is CCn1nnc2c(=O)n(C)c(=O)[nH]c21. The molecule has 0 aromatic carbocycles. The minimum atomic E-state index is -0.459. The first-order valence-electron chi connectivity index (χ1n) is 4.17. The third-order valence-electron chi connectivity index (χ3n) is 2.07. The number of hydrogen-bond acceptors (Lipinski definition) is 4. The molecular formula is C7H9N5O2. The highest BCUT2D eigenvalue weighted by atomic mass is 16.2. The molecule has 0 bridgehead atoms. The van der Waals surface area contributed by atoms with Crippen molar-refractivity contribution in [1.82, 2.24) is 24.5 Å². The molecule has 0 saturated heterocycles. The zero-order chi connectivity index (χ0) is 10.3. The molecule has 0 aliphatic heterocycles. The highest BCUT2D eigenvalue weighted by Gasteiger charge is 2.10. The van der Waals surface area contributed by atoms with Crippen LogP contribution in [0.5, 0.6) is 0 Å². The fourth-order valence-corrected chi connectivity index (χ4v) is 1.24. The number of nitrogens with zero attached hydrogens (tertiary/aromatic N) is 4. The summed E-state index contributed by atoms with van der Waals surface area (Å²) in [7, 11) is 1.39. The maximum atomic E-state index is 11.5. The van der Waals surface area contributed by atoms with Crippen LogP contribution in [0.3, 0.4) is 0 Å². The van der Waals surface area contributed by atoms with Crippen molar-refractivity contribution in [2.75, 3.05) is 0 Å². The van der Waals surface area contributed by atoms with Crippen LogP contribution in [0.1, 0.15) is 6.92 Å². The average molecular weight is 195 g/mol. The second-order valence-electron chi connectivity index (χ2n) is 2.90. The maximum Gasteiger partial charge on any atom is 0.329 e. The molecule has 2 aromatic heterocycles. The second-order valence-corrected chi connectivity index (χ2v) is 2.90. The molecule has 14 heavy (non-hydrogen) atoms. The summed E-state index contributed by atoms with van der Waals surface area (Å²) in [6.45, 7) is 2.41. The monoisotopic (exact) mass is 195 g/mol. The molecule has 0 aliphatic rings. The smallest absolute Gasteiger partial charge is 0.290 e. The number of fused-ring (bicyclic) bond motifs is 1. The van der Waals surface area contributed by atoms with Gasteiger partial charge in [-0.05, 0) is 6.92 Å². The Morgan fingerprint density at radius 2 is 2.14 bits per heavy atom. The van der Waals surface area contributed by atoms with Gasteiger partial charge in [0.05, 0.1) is 0 Å². The van der Waals surface area contributed by atoms with Crippen LogP contribution in [0, 0.1) is 0 Å². The van der Waals surface area contributed by atoms with Crippen LogP contribution in [-0.2, 0) is 13.6 Å². The van der Waals surface area contributed by atoms with Gasteiger partial charge in [-0.3, -0.25) is 14.3 Å². The summed E-state index contributed by atoms with van der Waals surface area (Å²) in [6, 6.07) is 0. The van der Waals surface area contributed by atoms with Gasteiger partial charge in [-0.15, -0.1) is 5.10 Å². The molecule has 0 fully saturated rings. The van der Waals surface area contributed by atoms with Gasteiger partial charge in [0.1, 0.15) is 0 Å². The first kappa shape index (κ1) is 8.67. The Hall–Kier alpha value is -1.92. The fraction of sp³-hybridized carbons (Fsp3) is 0.429. The predicted octanol–water partition coefficient (Wildman–Crippen LogP) is -1.16. The van der Waals surface area contributed by atoms with Crippen molar-refractivity contribution in [3.05, 3.63) is 20.8 Å². The van der Waals surface area contributed by atoms with Crippen molar-refractivity contribution in [3.63, 3.8) is 0 Å². The van der Waals surface area contributed by atoms with E-state index in [0.29, 0.717) is 12.2 Å². The van der Waals surface area contributed by atoms with E-state index in [-0.39, 0.29) is 5.52 Å². The minimum Gasteiger partial charge on any atom is -0.290 e. The molecule has 74 valence electrons.